The van der Waals surface area contributed by atoms with E-state index in [2.05, 4.69) is 6.92 Å². The number of hydrogen-bond acceptors (Lipinski definition) is 5. The molecule has 0 aliphatic heterocycles. The predicted octanol–water partition coefficient (Wildman–Crippen LogP) is 2.64. The number of carbonyl (C=O) groups excluding carboxylic acids is 1. The van der Waals surface area contributed by atoms with Gasteiger partial charge in [-0.1, -0.05) is 13.3 Å². The minimum Gasteiger partial charge on any atom is -0.494 e. The topological polar surface area (TPSA) is 70.8 Å². The number of ether oxygens (including phenoxy) is 3. The van der Waals surface area contributed by atoms with Crippen LogP contribution >= 0.6 is 0 Å². The van der Waals surface area contributed by atoms with Gasteiger partial charge in [-0.2, -0.15) is 0 Å². The van der Waals surface area contributed by atoms with Gasteiger partial charge in [0.1, 0.15) is 12.4 Å². The summed E-state index contributed by atoms with van der Waals surface area (Å²) in [6.45, 7) is 5.83. The maximum absolute atomic E-state index is 11.9. The Labute approximate surface area is 120 Å². The van der Waals surface area contributed by atoms with Gasteiger partial charge in [0.05, 0.1) is 18.8 Å². The standard InChI is InChI=1S/C15H23NO4/c1-3-5-6-18-7-8-20-15(17)12-9-13(16)11-14(10-12)19-4-2/h9-11H,3-8,16H2,1-2H3. The molecule has 0 saturated heterocycles. The molecular weight excluding hydrogens is 258 g/mol. The van der Waals surface area contributed by atoms with Crippen molar-refractivity contribution in [2.24, 2.45) is 0 Å². The first-order valence-corrected chi connectivity index (χ1v) is 6.95. The van der Waals surface area contributed by atoms with Crippen molar-refractivity contribution in [3.63, 3.8) is 0 Å². The van der Waals surface area contributed by atoms with Gasteiger partial charge in [-0.05, 0) is 25.5 Å². The number of esters is 1. The number of rotatable bonds is 9. The zero-order valence-electron chi connectivity index (χ0n) is 12.2. The van der Waals surface area contributed by atoms with Crippen LogP contribution in [0.5, 0.6) is 5.75 Å². The van der Waals surface area contributed by atoms with Crippen molar-refractivity contribution in [3.05, 3.63) is 23.8 Å². The maximum atomic E-state index is 11.9. The Bertz CT molecular complexity index is 420. The van der Waals surface area contributed by atoms with E-state index in [4.69, 9.17) is 19.9 Å². The van der Waals surface area contributed by atoms with Crippen LogP contribution in [0.4, 0.5) is 5.69 Å². The van der Waals surface area contributed by atoms with Crippen LogP contribution in [0.25, 0.3) is 0 Å². The third-order valence-corrected chi connectivity index (χ3v) is 2.58. The van der Waals surface area contributed by atoms with Crippen molar-refractivity contribution < 1.29 is 19.0 Å². The molecular formula is C15H23NO4. The highest BCUT2D eigenvalue weighted by molar-refractivity contribution is 5.91. The lowest BCUT2D eigenvalue weighted by Gasteiger charge is -2.09. The third-order valence-electron chi connectivity index (χ3n) is 2.58. The lowest BCUT2D eigenvalue weighted by Crippen LogP contribution is -2.12. The smallest absolute Gasteiger partial charge is 0.338 e. The average Bonchev–Trinajstić information content (AvgIpc) is 2.42. The van der Waals surface area contributed by atoms with Crippen LogP contribution in [0.1, 0.15) is 37.0 Å². The van der Waals surface area contributed by atoms with Gasteiger partial charge in [-0.3, -0.25) is 0 Å². The number of nitrogens with two attached hydrogens (primary N) is 1. The zero-order chi connectivity index (χ0) is 14.8. The highest BCUT2D eigenvalue weighted by Gasteiger charge is 2.10. The number of nitrogen functional groups attached to an aromatic ring is 1. The molecule has 5 heteroatoms. The Balaban J connectivity index is 2.42. The van der Waals surface area contributed by atoms with Crippen molar-refractivity contribution in [3.8, 4) is 5.75 Å². The van der Waals surface area contributed by atoms with Crippen LogP contribution in [0.3, 0.4) is 0 Å². The molecule has 1 rings (SSSR count). The molecule has 0 atom stereocenters. The molecule has 0 unspecified atom stereocenters. The summed E-state index contributed by atoms with van der Waals surface area (Å²) in [6, 6.07) is 4.87. The van der Waals surface area contributed by atoms with Crippen LogP contribution in [-0.4, -0.2) is 32.4 Å². The number of unbranched alkanes of at least 4 members (excludes halogenated alkanes) is 1. The number of anilines is 1. The second-order valence-electron chi connectivity index (χ2n) is 4.33. The van der Waals surface area contributed by atoms with Gasteiger partial charge in [0, 0.05) is 18.4 Å². The van der Waals surface area contributed by atoms with Gasteiger partial charge in [0.25, 0.3) is 0 Å². The van der Waals surface area contributed by atoms with Crippen molar-refractivity contribution in [2.45, 2.75) is 26.7 Å². The second-order valence-corrected chi connectivity index (χ2v) is 4.33. The Morgan fingerprint density at radius 3 is 2.65 bits per heavy atom. The summed E-state index contributed by atoms with van der Waals surface area (Å²) in [7, 11) is 0. The van der Waals surface area contributed by atoms with Crippen LogP contribution in [0, 0.1) is 0 Å². The Hall–Kier alpha value is -1.75. The molecule has 5 nitrogen and oxygen atoms in total. The van der Waals surface area contributed by atoms with Gasteiger partial charge in [0.2, 0.25) is 0 Å². The Morgan fingerprint density at radius 2 is 1.95 bits per heavy atom. The first-order chi connectivity index (χ1) is 9.67. The van der Waals surface area contributed by atoms with Crippen LogP contribution in [0.2, 0.25) is 0 Å². The summed E-state index contributed by atoms with van der Waals surface area (Å²) in [4.78, 5) is 11.9. The quantitative estimate of drug-likeness (QED) is 0.428. The summed E-state index contributed by atoms with van der Waals surface area (Å²) in [5, 5.41) is 0. The fraction of sp³-hybridized carbons (Fsp3) is 0.533. The van der Waals surface area contributed by atoms with Gasteiger partial charge < -0.3 is 19.9 Å². The van der Waals surface area contributed by atoms with Crippen LogP contribution in [0.15, 0.2) is 18.2 Å². The largest absolute Gasteiger partial charge is 0.494 e. The van der Waals surface area contributed by atoms with Crippen molar-refractivity contribution in [1.82, 2.24) is 0 Å². The molecule has 0 bridgehead atoms. The summed E-state index contributed by atoms with van der Waals surface area (Å²) in [5.41, 5.74) is 6.59. The first kappa shape index (κ1) is 16.3. The Morgan fingerprint density at radius 1 is 1.15 bits per heavy atom. The van der Waals surface area contributed by atoms with E-state index in [0.29, 0.717) is 36.8 Å². The molecule has 0 aliphatic rings. The molecule has 2 N–H and O–H groups in total. The predicted molar refractivity (Wildman–Crippen MR) is 78.0 cm³/mol. The fourth-order valence-electron chi connectivity index (χ4n) is 1.62. The summed E-state index contributed by atoms with van der Waals surface area (Å²) in [6.07, 6.45) is 2.10. The SMILES string of the molecule is CCCCOCCOC(=O)c1cc(N)cc(OCC)c1. The molecule has 20 heavy (non-hydrogen) atoms. The fourth-order valence-corrected chi connectivity index (χ4v) is 1.62. The molecule has 1 aromatic carbocycles. The lowest BCUT2D eigenvalue weighted by molar-refractivity contribution is 0.0313. The minimum atomic E-state index is -0.419. The molecule has 0 heterocycles. The minimum absolute atomic E-state index is 0.237. The third kappa shape index (κ3) is 5.93. The molecule has 112 valence electrons. The lowest BCUT2D eigenvalue weighted by atomic mass is 10.2. The van der Waals surface area contributed by atoms with Crippen molar-refractivity contribution in [1.29, 1.82) is 0 Å². The molecule has 0 aliphatic carbocycles. The molecule has 0 aromatic heterocycles. The number of hydrogen-bond donors (Lipinski definition) is 1. The van der Waals surface area contributed by atoms with E-state index in [-0.39, 0.29) is 6.61 Å². The van der Waals surface area contributed by atoms with Crippen LogP contribution < -0.4 is 10.5 Å². The van der Waals surface area contributed by atoms with E-state index >= 15 is 0 Å². The summed E-state index contributed by atoms with van der Waals surface area (Å²) in [5.74, 6) is 0.149. The van der Waals surface area contributed by atoms with Gasteiger partial charge >= 0.3 is 5.97 Å². The van der Waals surface area contributed by atoms with E-state index in [1.807, 2.05) is 6.92 Å². The summed E-state index contributed by atoms with van der Waals surface area (Å²) >= 11 is 0. The van der Waals surface area contributed by atoms with Gasteiger partial charge in [0.15, 0.2) is 0 Å². The van der Waals surface area contributed by atoms with E-state index in [1.54, 1.807) is 18.2 Å². The van der Waals surface area contributed by atoms with Crippen molar-refractivity contribution >= 4 is 11.7 Å². The molecule has 0 radical (unpaired) electrons. The first-order valence-electron chi connectivity index (χ1n) is 6.95. The monoisotopic (exact) mass is 281 g/mol. The molecule has 0 fully saturated rings. The van der Waals surface area contributed by atoms with Crippen molar-refractivity contribution in [2.75, 3.05) is 32.2 Å². The highest BCUT2D eigenvalue weighted by Crippen LogP contribution is 2.19. The maximum Gasteiger partial charge on any atom is 0.338 e. The zero-order valence-corrected chi connectivity index (χ0v) is 12.2. The Kier molecular flexibility index (Phi) is 7.50. The van der Waals surface area contributed by atoms with Gasteiger partial charge in [-0.15, -0.1) is 0 Å². The molecule has 0 saturated carbocycles. The highest BCUT2D eigenvalue weighted by atomic mass is 16.6. The number of carbonyl (C=O) groups is 1. The second kappa shape index (κ2) is 9.20. The normalized spacial score (nSPS) is 10.3. The van der Waals surface area contributed by atoms with E-state index < -0.39 is 5.97 Å². The molecule has 0 spiro atoms. The average molecular weight is 281 g/mol. The van der Waals surface area contributed by atoms with Crippen LogP contribution in [-0.2, 0) is 9.47 Å². The van der Waals surface area contributed by atoms with E-state index in [1.165, 1.54) is 0 Å². The number of benzene rings is 1. The van der Waals surface area contributed by atoms with E-state index in [0.717, 1.165) is 12.8 Å². The van der Waals surface area contributed by atoms with E-state index in [9.17, 15) is 4.79 Å². The molecule has 0 amide bonds. The molecule has 1 aromatic rings. The van der Waals surface area contributed by atoms with Gasteiger partial charge in [-0.25, -0.2) is 4.79 Å². The summed E-state index contributed by atoms with van der Waals surface area (Å²) < 4.78 is 15.8.